The molecule has 1 aromatic rings. The molecule has 1 atom stereocenters. The van der Waals surface area contributed by atoms with Gasteiger partial charge in [-0.2, -0.15) is 11.3 Å². The second kappa shape index (κ2) is 6.26. The van der Waals surface area contributed by atoms with Crippen molar-refractivity contribution in [3.8, 4) is 0 Å². The lowest BCUT2D eigenvalue weighted by Gasteiger charge is -2.29. The van der Waals surface area contributed by atoms with Gasteiger partial charge in [-0.05, 0) is 48.6 Å². The van der Waals surface area contributed by atoms with Gasteiger partial charge in [0.25, 0.3) is 0 Å². The van der Waals surface area contributed by atoms with E-state index in [0.717, 1.165) is 19.3 Å². The van der Waals surface area contributed by atoms with Crippen molar-refractivity contribution in [1.82, 2.24) is 4.90 Å². The third-order valence-electron chi connectivity index (χ3n) is 3.45. The zero-order chi connectivity index (χ0) is 14.8. The predicted octanol–water partition coefficient (Wildman–Crippen LogP) is 2.10. The molecular weight excluding hydrogens is 294 g/mol. The van der Waals surface area contributed by atoms with Crippen LogP contribution in [0.5, 0.6) is 0 Å². The molecule has 1 aliphatic rings. The average molecular weight is 315 g/mol. The number of thiophene rings is 1. The first kappa shape index (κ1) is 15.5. The van der Waals surface area contributed by atoms with Crippen LogP contribution in [0.1, 0.15) is 31.7 Å². The molecule has 20 heavy (non-hydrogen) atoms. The smallest absolute Gasteiger partial charge is 0.223 e. The highest BCUT2D eigenvalue weighted by atomic mass is 32.2. The molecule has 1 amide bonds. The topological polar surface area (TPSA) is 54.5 Å². The second-order valence-corrected chi connectivity index (χ2v) is 8.57. The monoisotopic (exact) mass is 315 g/mol. The SMILES string of the molecule is C[C@H](CS(C)(=O)=O)N(C(=O)CCc1ccsc1)C1CC1. The molecule has 4 nitrogen and oxygen atoms in total. The summed E-state index contributed by atoms with van der Waals surface area (Å²) in [4.78, 5) is 14.2. The normalized spacial score (nSPS) is 16.9. The van der Waals surface area contributed by atoms with Gasteiger partial charge < -0.3 is 4.90 Å². The Bertz CT molecular complexity index is 547. The van der Waals surface area contributed by atoms with Crippen molar-refractivity contribution >= 4 is 27.1 Å². The number of rotatable bonds is 7. The van der Waals surface area contributed by atoms with Gasteiger partial charge in [0.1, 0.15) is 9.84 Å². The van der Waals surface area contributed by atoms with E-state index in [4.69, 9.17) is 0 Å². The van der Waals surface area contributed by atoms with Gasteiger partial charge in [0.05, 0.1) is 5.75 Å². The number of amides is 1. The molecule has 0 spiro atoms. The molecule has 0 bridgehead atoms. The molecule has 0 saturated heterocycles. The van der Waals surface area contributed by atoms with Crippen molar-refractivity contribution in [1.29, 1.82) is 0 Å². The molecule has 0 unspecified atom stereocenters. The van der Waals surface area contributed by atoms with Crippen LogP contribution in [0.2, 0.25) is 0 Å². The molecule has 1 fully saturated rings. The van der Waals surface area contributed by atoms with E-state index in [-0.39, 0.29) is 23.7 Å². The first-order valence-electron chi connectivity index (χ1n) is 6.87. The summed E-state index contributed by atoms with van der Waals surface area (Å²) in [6, 6.07) is 2.05. The molecule has 0 N–H and O–H groups in total. The van der Waals surface area contributed by atoms with E-state index in [1.54, 1.807) is 16.2 Å². The van der Waals surface area contributed by atoms with Crippen LogP contribution in [0.3, 0.4) is 0 Å². The summed E-state index contributed by atoms with van der Waals surface area (Å²) in [7, 11) is -3.06. The summed E-state index contributed by atoms with van der Waals surface area (Å²) >= 11 is 1.63. The Labute approximate surface area is 124 Å². The van der Waals surface area contributed by atoms with Crippen LogP contribution in [0, 0.1) is 0 Å². The van der Waals surface area contributed by atoms with E-state index in [1.165, 1.54) is 11.8 Å². The van der Waals surface area contributed by atoms with Crippen LogP contribution < -0.4 is 0 Å². The van der Waals surface area contributed by atoms with E-state index in [1.807, 2.05) is 18.4 Å². The highest BCUT2D eigenvalue weighted by molar-refractivity contribution is 7.90. The van der Waals surface area contributed by atoms with Gasteiger partial charge in [-0.15, -0.1) is 0 Å². The molecule has 0 aromatic carbocycles. The largest absolute Gasteiger partial charge is 0.336 e. The molecule has 1 saturated carbocycles. The third kappa shape index (κ3) is 4.59. The summed E-state index contributed by atoms with van der Waals surface area (Å²) in [5.41, 5.74) is 1.18. The Balaban J connectivity index is 1.95. The van der Waals surface area contributed by atoms with E-state index >= 15 is 0 Å². The zero-order valence-corrected chi connectivity index (χ0v) is 13.5. The summed E-state index contributed by atoms with van der Waals surface area (Å²) in [5, 5.41) is 4.05. The number of sulfone groups is 1. The maximum Gasteiger partial charge on any atom is 0.223 e. The van der Waals surface area contributed by atoms with Crippen molar-refractivity contribution in [3.05, 3.63) is 22.4 Å². The van der Waals surface area contributed by atoms with Crippen LogP contribution in [-0.2, 0) is 21.1 Å². The first-order chi connectivity index (χ1) is 9.37. The van der Waals surface area contributed by atoms with Crippen molar-refractivity contribution in [3.63, 3.8) is 0 Å². The fraction of sp³-hybridized carbons (Fsp3) is 0.643. The van der Waals surface area contributed by atoms with Crippen molar-refractivity contribution in [2.45, 2.75) is 44.7 Å². The van der Waals surface area contributed by atoms with Crippen molar-refractivity contribution in [2.24, 2.45) is 0 Å². The molecule has 0 radical (unpaired) electrons. The Kier molecular flexibility index (Phi) is 4.86. The molecule has 2 rings (SSSR count). The standard InChI is InChI=1S/C14H21NO3S2/c1-11(10-20(2,17)18)15(13-4-5-13)14(16)6-3-12-7-8-19-9-12/h7-9,11,13H,3-6,10H2,1-2H3/t11-/m1/s1. The molecule has 112 valence electrons. The maximum atomic E-state index is 12.4. The lowest BCUT2D eigenvalue weighted by molar-refractivity contribution is -0.133. The van der Waals surface area contributed by atoms with Gasteiger partial charge in [-0.3, -0.25) is 4.79 Å². The quantitative estimate of drug-likeness (QED) is 0.774. The van der Waals surface area contributed by atoms with E-state index < -0.39 is 9.84 Å². The second-order valence-electron chi connectivity index (χ2n) is 5.61. The summed E-state index contributed by atoms with van der Waals surface area (Å²) < 4.78 is 22.8. The average Bonchev–Trinajstić information content (AvgIpc) is 3.00. The third-order valence-corrected chi connectivity index (χ3v) is 5.27. The first-order valence-corrected chi connectivity index (χ1v) is 9.87. The van der Waals surface area contributed by atoms with E-state index in [2.05, 4.69) is 5.38 Å². The zero-order valence-electron chi connectivity index (χ0n) is 11.9. The Hall–Kier alpha value is -0.880. The van der Waals surface area contributed by atoms with Gasteiger partial charge in [0.2, 0.25) is 5.91 Å². The maximum absolute atomic E-state index is 12.4. The number of nitrogens with zero attached hydrogens (tertiary/aromatic N) is 1. The number of hydrogen-bond donors (Lipinski definition) is 0. The highest BCUT2D eigenvalue weighted by Crippen LogP contribution is 2.30. The molecular formula is C14H21NO3S2. The van der Waals surface area contributed by atoms with Crippen LogP contribution in [-0.4, -0.2) is 43.3 Å². The van der Waals surface area contributed by atoms with Gasteiger partial charge >= 0.3 is 0 Å². The Morgan fingerprint density at radius 2 is 2.20 bits per heavy atom. The van der Waals surface area contributed by atoms with E-state index in [0.29, 0.717) is 6.42 Å². The number of carbonyl (C=O) groups is 1. The lowest BCUT2D eigenvalue weighted by atomic mass is 10.1. The molecule has 1 heterocycles. The molecule has 1 aliphatic carbocycles. The number of hydrogen-bond acceptors (Lipinski definition) is 4. The summed E-state index contributed by atoms with van der Waals surface area (Å²) in [5.74, 6) is 0.128. The van der Waals surface area contributed by atoms with Crippen molar-refractivity contribution < 1.29 is 13.2 Å². The van der Waals surface area contributed by atoms with Crippen LogP contribution in [0.4, 0.5) is 0 Å². The van der Waals surface area contributed by atoms with Crippen LogP contribution >= 0.6 is 11.3 Å². The fourth-order valence-corrected chi connectivity index (χ4v) is 4.24. The van der Waals surface area contributed by atoms with E-state index in [9.17, 15) is 13.2 Å². The summed E-state index contributed by atoms with van der Waals surface area (Å²) in [6.07, 6.45) is 4.42. The molecule has 6 heteroatoms. The number of aryl methyl sites for hydroxylation is 1. The highest BCUT2D eigenvalue weighted by Gasteiger charge is 2.36. The van der Waals surface area contributed by atoms with Crippen LogP contribution in [0.25, 0.3) is 0 Å². The van der Waals surface area contributed by atoms with Gasteiger partial charge in [-0.1, -0.05) is 0 Å². The minimum atomic E-state index is -3.06. The van der Waals surface area contributed by atoms with Crippen LogP contribution in [0.15, 0.2) is 16.8 Å². The fourth-order valence-electron chi connectivity index (χ4n) is 2.50. The van der Waals surface area contributed by atoms with Crippen molar-refractivity contribution in [2.75, 3.05) is 12.0 Å². The van der Waals surface area contributed by atoms with Gasteiger partial charge in [0.15, 0.2) is 0 Å². The van der Waals surface area contributed by atoms with Gasteiger partial charge in [0, 0.05) is 24.8 Å². The predicted molar refractivity (Wildman–Crippen MR) is 81.7 cm³/mol. The summed E-state index contributed by atoms with van der Waals surface area (Å²) in [6.45, 7) is 1.84. The molecule has 1 aromatic heterocycles. The Morgan fingerprint density at radius 3 is 2.70 bits per heavy atom. The number of carbonyl (C=O) groups excluding carboxylic acids is 1. The lowest BCUT2D eigenvalue weighted by Crippen LogP contribution is -2.43. The molecule has 0 aliphatic heterocycles. The minimum Gasteiger partial charge on any atom is -0.336 e. The Morgan fingerprint density at radius 1 is 1.50 bits per heavy atom. The minimum absolute atomic E-state index is 0.0493. The van der Waals surface area contributed by atoms with Gasteiger partial charge in [-0.25, -0.2) is 8.42 Å².